The molecule has 15 rings (SSSR count). The van der Waals surface area contributed by atoms with Gasteiger partial charge in [-0.15, -0.1) is 0 Å². The topological polar surface area (TPSA) is 440 Å². The standard InChI is InChI=1S/C22H32N4O4S.C20H28N4O4S.C19H25ClN4O3S.C19H25FN4O3S.C15H24N4O3S/c1-16(2)25-14-21(24-15-25)31(28,29)26-11-9-19(10-12-26)22(27)23-13-18-5-7-20(8-6-18)30-17(3)4;1-15(2)23-13-19(22-14-23)29(26,27)24-10-8-17(9-11-24)20(25)21-12-16-4-6-18(28-3)7-5-16;2*1-14(2)23-12-18(22-13-23)28(26,27)24-9-7-16(8-10-24)19(25)21-11-15-3-5-17(20)6-4-15;1-11(2)18-9-14(16-10-18)23(21,22)19-7-5-12(6-8-19)15(20)17-13-3-4-13/h5-8,14-17,19H,9-13H2,1-4H3,(H,23,27);4-7,13-15,17H,8-12H2,1-3H3,(H,21,25);2*3-6,12-14,16H,7-11H2,1-2H3,(H,21,25);9-13H,3-8H2,1-2H3,(H,17,20). The molecule has 9 aromatic rings. The second kappa shape index (κ2) is 49.4. The first-order valence-electron chi connectivity index (χ1n) is 47.4. The van der Waals surface area contributed by atoms with Crippen LogP contribution in [0.1, 0.15) is 213 Å². The van der Waals surface area contributed by atoms with Crippen LogP contribution < -0.4 is 36.1 Å². The molecule has 1 saturated carbocycles. The molecule has 6 fully saturated rings. The van der Waals surface area contributed by atoms with Gasteiger partial charge in [-0.25, -0.2) is 71.4 Å². The lowest BCUT2D eigenvalue weighted by molar-refractivity contribution is -0.127. The molecule has 37 nitrogen and oxygen atoms in total. The number of piperidine rings is 5. The second-order valence-electron chi connectivity index (χ2n) is 37.2. The molecule has 5 N–H and O–H groups in total. The number of methoxy groups -OCH3 is 1. The van der Waals surface area contributed by atoms with E-state index in [9.17, 15) is 70.5 Å². The van der Waals surface area contributed by atoms with Crippen LogP contribution in [0.15, 0.2) is 185 Å². The Morgan fingerprint density at radius 3 is 0.755 bits per heavy atom. The van der Waals surface area contributed by atoms with Crippen molar-refractivity contribution in [2.75, 3.05) is 72.6 Å². The van der Waals surface area contributed by atoms with Gasteiger partial charge in [-0.05, 0) is 231 Å². The Morgan fingerprint density at radius 1 is 0.331 bits per heavy atom. The van der Waals surface area contributed by atoms with E-state index in [1.54, 1.807) is 97.8 Å². The molecule has 0 radical (unpaired) electrons. The van der Waals surface area contributed by atoms with Crippen LogP contribution in [0.5, 0.6) is 11.5 Å². The van der Waals surface area contributed by atoms with Crippen molar-refractivity contribution in [2.45, 2.75) is 254 Å². The zero-order valence-electron chi connectivity index (χ0n) is 81.3. The normalized spacial score (nSPS) is 17.0. The Hall–Kier alpha value is -10.4. The minimum Gasteiger partial charge on any atom is -0.497 e. The van der Waals surface area contributed by atoms with Crippen LogP contribution >= 0.6 is 11.6 Å². The van der Waals surface area contributed by atoms with Gasteiger partial charge in [0, 0.05) is 193 Å². The third-order valence-electron chi connectivity index (χ3n) is 25.1. The predicted molar refractivity (Wildman–Crippen MR) is 522 cm³/mol. The highest BCUT2D eigenvalue weighted by Crippen LogP contribution is 2.32. The van der Waals surface area contributed by atoms with Gasteiger partial charge in [-0.1, -0.05) is 60.1 Å². The minimum absolute atomic E-state index is 0.0383. The smallest absolute Gasteiger partial charge is 0.262 e. The number of imidazole rings is 5. The van der Waals surface area contributed by atoms with Crippen molar-refractivity contribution in [2.24, 2.45) is 29.6 Å². The van der Waals surface area contributed by atoms with Gasteiger partial charge >= 0.3 is 0 Å². The average molecular weight is 2040 g/mol. The van der Waals surface area contributed by atoms with Gasteiger partial charge in [-0.2, -0.15) is 21.5 Å². The Morgan fingerprint density at radius 2 is 0.547 bits per heavy atom. The fourth-order valence-corrected chi connectivity index (χ4v) is 23.0. The van der Waals surface area contributed by atoms with Crippen LogP contribution in [0.3, 0.4) is 0 Å². The van der Waals surface area contributed by atoms with Crippen LogP contribution in [0.2, 0.25) is 5.02 Å². The number of halogens is 2. The predicted octanol–water partition coefficient (Wildman–Crippen LogP) is 11.5. The van der Waals surface area contributed by atoms with Gasteiger partial charge in [0.25, 0.3) is 50.1 Å². The van der Waals surface area contributed by atoms with Crippen LogP contribution in [-0.4, -0.2) is 226 Å². The molecule has 1 aliphatic carbocycles. The van der Waals surface area contributed by atoms with Crippen LogP contribution in [0.4, 0.5) is 4.39 Å². The number of amides is 5. The highest BCUT2D eigenvalue weighted by atomic mass is 35.5. The van der Waals surface area contributed by atoms with E-state index in [0.29, 0.717) is 154 Å². The Kier molecular flexibility index (Phi) is 38.7. The van der Waals surface area contributed by atoms with Crippen LogP contribution in [-0.2, 0) is 100 Å². The number of carbonyl (C=O) groups is 5. The first kappa shape index (κ1) is 109. The third-order valence-corrected chi connectivity index (χ3v) is 34.3. The van der Waals surface area contributed by atoms with Gasteiger partial charge in [0.15, 0.2) is 25.1 Å². The molecule has 760 valence electrons. The summed E-state index contributed by atoms with van der Waals surface area (Å²) in [6.45, 7) is 28.4. The van der Waals surface area contributed by atoms with Gasteiger partial charge in [0.1, 0.15) is 17.3 Å². The molecule has 4 aromatic carbocycles. The quantitative estimate of drug-likeness (QED) is 0.0261. The Balaban J connectivity index is 0.000000167. The number of hydrogen-bond acceptors (Lipinski definition) is 22. The van der Waals surface area contributed by atoms with Crippen LogP contribution in [0.25, 0.3) is 0 Å². The SMILES string of the molecule is CC(C)Oc1ccc(CNC(=O)C2CCN(S(=O)(=O)c3cn(C(C)C)cn3)CC2)cc1.CC(C)n1cnc(S(=O)(=O)N2CCC(C(=O)NC3CC3)CC2)c1.CC(C)n1cnc(S(=O)(=O)N2CCC(C(=O)NCc3ccc(Cl)cc3)CC2)c1.CC(C)n1cnc(S(=O)(=O)N2CCC(C(=O)NCc3ccc(F)cc3)CC2)c1.COc1ccc(CNC(=O)C2CCN(S(=O)(=O)c3cn(C(C)C)cn3)CC2)cc1. The molecule has 0 unspecified atom stereocenters. The summed E-state index contributed by atoms with van der Waals surface area (Å²) in [5.41, 5.74) is 3.76. The number of benzene rings is 4. The fraction of sp³-hybridized carbons (Fsp3) is 0.537. The maximum absolute atomic E-state index is 12.9. The maximum Gasteiger partial charge on any atom is 0.262 e. The number of rotatable bonds is 32. The summed E-state index contributed by atoms with van der Waals surface area (Å²) in [7, 11) is -16.5. The van der Waals surface area contributed by atoms with E-state index in [1.807, 2.05) is 144 Å². The van der Waals surface area contributed by atoms with Crippen molar-refractivity contribution in [1.29, 1.82) is 0 Å². The molecular weight excluding hydrogens is 1910 g/mol. The van der Waals surface area contributed by atoms with E-state index in [1.165, 1.54) is 52.6 Å². The summed E-state index contributed by atoms with van der Waals surface area (Å²) in [5, 5.41) is 15.7. The lowest BCUT2D eigenvalue weighted by Crippen LogP contribution is -2.43. The molecule has 44 heteroatoms. The van der Waals surface area contributed by atoms with E-state index in [2.05, 4.69) is 51.5 Å². The number of carbonyl (C=O) groups excluding carboxylic acids is 5. The molecule has 0 spiro atoms. The largest absolute Gasteiger partial charge is 0.497 e. The van der Waals surface area contributed by atoms with Crippen molar-refractivity contribution in [3.8, 4) is 11.5 Å². The lowest BCUT2D eigenvalue weighted by Gasteiger charge is -2.30. The summed E-state index contributed by atoms with van der Waals surface area (Å²) in [6, 6.07) is 29.5. The molecule has 6 aliphatic rings. The molecule has 0 atom stereocenters. The van der Waals surface area contributed by atoms with Crippen molar-refractivity contribution >= 4 is 91.3 Å². The zero-order chi connectivity index (χ0) is 101. The number of hydrogen-bond donors (Lipinski definition) is 5. The number of ether oxygens (including phenoxy) is 2. The molecule has 0 bridgehead atoms. The summed E-state index contributed by atoms with van der Waals surface area (Å²) in [4.78, 5) is 82.2. The molecule has 139 heavy (non-hydrogen) atoms. The van der Waals surface area contributed by atoms with E-state index in [0.717, 1.165) is 46.6 Å². The van der Waals surface area contributed by atoms with Crippen molar-refractivity contribution in [3.05, 3.63) is 193 Å². The number of sulfonamides is 5. The Labute approximate surface area is 821 Å². The molecule has 10 heterocycles. The average Bonchev–Trinajstić information content (AvgIpc) is 1.74. The first-order chi connectivity index (χ1) is 65.9. The van der Waals surface area contributed by atoms with Crippen LogP contribution in [0, 0.1) is 35.4 Å². The molecule has 5 aromatic heterocycles. The zero-order valence-corrected chi connectivity index (χ0v) is 86.1. The summed E-state index contributed by atoms with van der Waals surface area (Å²) in [6.07, 6.45) is 22.8. The van der Waals surface area contributed by atoms with Crippen molar-refractivity contribution in [1.82, 2.24) is 95.9 Å². The van der Waals surface area contributed by atoms with Gasteiger partial charge in [-0.3, -0.25) is 24.0 Å². The molecular formula is C95H134ClFN20O17S5. The lowest BCUT2D eigenvalue weighted by atomic mass is 9.97. The minimum atomic E-state index is -3.65. The Bertz CT molecular complexity index is 5980. The maximum atomic E-state index is 12.9. The highest BCUT2D eigenvalue weighted by Gasteiger charge is 2.40. The molecule has 5 saturated heterocycles. The summed E-state index contributed by atoms with van der Waals surface area (Å²) in [5.74, 6) is 0.227. The molecule has 5 aliphatic heterocycles. The van der Waals surface area contributed by atoms with E-state index in [-0.39, 0.29) is 139 Å². The van der Waals surface area contributed by atoms with E-state index >= 15 is 0 Å². The van der Waals surface area contributed by atoms with E-state index in [4.69, 9.17) is 21.1 Å². The van der Waals surface area contributed by atoms with Gasteiger partial charge < -0.3 is 58.9 Å². The van der Waals surface area contributed by atoms with Gasteiger partial charge in [0.2, 0.25) is 29.5 Å². The fourth-order valence-electron chi connectivity index (χ4n) is 15.9. The van der Waals surface area contributed by atoms with Gasteiger partial charge in [0.05, 0.1) is 44.9 Å². The number of nitrogens with zero attached hydrogens (tertiary/aromatic N) is 15. The first-order valence-corrected chi connectivity index (χ1v) is 54.9. The second-order valence-corrected chi connectivity index (χ2v) is 47.1. The highest BCUT2D eigenvalue weighted by molar-refractivity contribution is 7.90. The van der Waals surface area contributed by atoms with Crippen molar-refractivity contribution < 1.29 is 79.9 Å². The summed E-state index contributed by atoms with van der Waals surface area (Å²) < 4.78 is 167. The monoisotopic (exact) mass is 2040 g/mol. The van der Waals surface area contributed by atoms with E-state index < -0.39 is 50.1 Å². The number of nitrogens with one attached hydrogen (secondary N) is 5. The third kappa shape index (κ3) is 30.4. The van der Waals surface area contributed by atoms with Crippen molar-refractivity contribution in [3.63, 3.8) is 0 Å². The number of aromatic nitrogens is 10. The summed E-state index contributed by atoms with van der Waals surface area (Å²) >= 11 is 5.86. The molecule has 5 amide bonds.